The van der Waals surface area contributed by atoms with Crippen molar-refractivity contribution in [2.24, 2.45) is 0 Å². The second-order valence-electron chi connectivity index (χ2n) is 5.11. The van der Waals surface area contributed by atoms with Crippen molar-refractivity contribution in [3.63, 3.8) is 0 Å². The van der Waals surface area contributed by atoms with Gasteiger partial charge in [-0.05, 0) is 19.3 Å². The second kappa shape index (κ2) is 6.50. The normalized spacial score (nSPS) is 32.9. The molecule has 0 unspecified atom stereocenters. The fraction of sp³-hybridized carbons (Fsp3) is 0.923. The Morgan fingerprint density at radius 2 is 2.33 bits per heavy atom. The lowest BCUT2D eigenvalue weighted by atomic mass is 9.88. The number of carbonyl (C=O) groups is 1. The maximum Gasteiger partial charge on any atom is 0.221 e. The van der Waals surface area contributed by atoms with E-state index >= 15 is 0 Å². The Morgan fingerprint density at radius 3 is 3.06 bits per heavy atom. The largest absolute Gasteiger partial charge is 0.381 e. The van der Waals surface area contributed by atoms with Gasteiger partial charge in [0.1, 0.15) is 0 Å². The maximum absolute atomic E-state index is 11.3. The van der Waals surface area contributed by atoms with Gasteiger partial charge in [-0.3, -0.25) is 9.69 Å². The molecular formula is C13H24N2O3. The Balaban J connectivity index is 1.90. The van der Waals surface area contributed by atoms with Crippen LogP contribution in [0, 0.1) is 0 Å². The lowest BCUT2D eigenvalue weighted by Gasteiger charge is -2.45. The van der Waals surface area contributed by atoms with Gasteiger partial charge in [0.2, 0.25) is 5.91 Å². The number of ether oxygens (including phenoxy) is 2. The fourth-order valence-electron chi connectivity index (χ4n) is 3.01. The zero-order valence-corrected chi connectivity index (χ0v) is 11.4. The van der Waals surface area contributed by atoms with E-state index in [0.717, 1.165) is 39.0 Å². The molecule has 18 heavy (non-hydrogen) atoms. The van der Waals surface area contributed by atoms with Crippen LogP contribution in [0.25, 0.3) is 0 Å². The molecule has 104 valence electrons. The van der Waals surface area contributed by atoms with Crippen molar-refractivity contribution in [3.8, 4) is 0 Å². The molecule has 5 heteroatoms. The topological polar surface area (TPSA) is 50.8 Å². The van der Waals surface area contributed by atoms with Gasteiger partial charge in [-0.1, -0.05) is 0 Å². The minimum Gasteiger partial charge on any atom is -0.381 e. The SMILES string of the molecule is CNC(=O)CCN1CCO[C@@H]2CC[C@H](OC)C[C@@H]21. The van der Waals surface area contributed by atoms with Gasteiger partial charge >= 0.3 is 0 Å². The molecule has 2 fully saturated rings. The van der Waals surface area contributed by atoms with Crippen LogP contribution in [0.1, 0.15) is 25.7 Å². The zero-order valence-electron chi connectivity index (χ0n) is 11.4. The van der Waals surface area contributed by atoms with Crippen LogP contribution in [0.4, 0.5) is 0 Å². The number of fused-ring (bicyclic) bond motifs is 1. The number of morpholine rings is 1. The van der Waals surface area contributed by atoms with Crippen molar-refractivity contribution < 1.29 is 14.3 Å². The third-order valence-electron chi connectivity index (χ3n) is 4.12. The van der Waals surface area contributed by atoms with E-state index in [1.807, 2.05) is 0 Å². The van der Waals surface area contributed by atoms with E-state index in [0.29, 0.717) is 24.7 Å². The van der Waals surface area contributed by atoms with E-state index in [9.17, 15) is 4.79 Å². The lowest BCUT2D eigenvalue weighted by molar-refractivity contribution is -0.126. The van der Waals surface area contributed by atoms with Gasteiger partial charge in [0.25, 0.3) is 0 Å². The first-order valence-electron chi connectivity index (χ1n) is 6.83. The summed E-state index contributed by atoms with van der Waals surface area (Å²) in [4.78, 5) is 13.7. The van der Waals surface area contributed by atoms with Crippen molar-refractivity contribution in [1.29, 1.82) is 0 Å². The van der Waals surface area contributed by atoms with E-state index in [-0.39, 0.29) is 5.91 Å². The maximum atomic E-state index is 11.3. The van der Waals surface area contributed by atoms with Crippen molar-refractivity contribution in [3.05, 3.63) is 0 Å². The number of nitrogens with zero attached hydrogens (tertiary/aromatic N) is 1. The second-order valence-corrected chi connectivity index (χ2v) is 5.11. The van der Waals surface area contributed by atoms with Gasteiger partial charge < -0.3 is 14.8 Å². The highest BCUT2D eigenvalue weighted by Gasteiger charge is 2.37. The number of methoxy groups -OCH3 is 1. The van der Waals surface area contributed by atoms with Crippen LogP contribution in [0.2, 0.25) is 0 Å². The third-order valence-corrected chi connectivity index (χ3v) is 4.12. The average Bonchev–Trinajstić information content (AvgIpc) is 2.43. The first-order chi connectivity index (χ1) is 8.74. The Hall–Kier alpha value is -0.650. The Bertz CT molecular complexity index is 285. The Labute approximate surface area is 109 Å². The van der Waals surface area contributed by atoms with Crippen LogP contribution >= 0.6 is 0 Å². The summed E-state index contributed by atoms with van der Waals surface area (Å²) in [5.74, 6) is 0.108. The number of rotatable bonds is 4. The van der Waals surface area contributed by atoms with Crippen molar-refractivity contribution in [2.45, 2.75) is 43.9 Å². The minimum absolute atomic E-state index is 0.108. The number of carbonyl (C=O) groups excluding carboxylic acids is 1. The predicted octanol–water partition coefficient (Wildman–Crippen LogP) is 0.391. The summed E-state index contributed by atoms with van der Waals surface area (Å²) < 4.78 is 11.3. The van der Waals surface area contributed by atoms with Crippen LogP contribution in [0.15, 0.2) is 0 Å². The van der Waals surface area contributed by atoms with Crippen molar-refractivity contribution >= 4 is 5.91 Å². The summed E-state index contributed by atoms with van der Waals surface area (Å²) in [6.45, 7) is 2.53. The molecular weight excluding hydrogens is 232 g/mol. The molecule has 0 bridgehead atoms. The molecule has 2 rings (SSSR count). The quantitative estimate of drug-likeness (QED) is 0.790. The highest BCUT2D eigenvalue weighted by Crippen LogP contribution is 2.29. The summed E-state index contributed by atoms with van der Waals surface area (Å²) in [5.41, 5.74) is 0. The Morgan fingerprint density at radius 1 is 1.50 bits per heavy atom. The molecule has 1 heterocycles. The first kappa shape index (κ1) is 13.8. The van der Waals surface area contributed by atoms with Crippen LogP contribution in [0.3, 0.4) is 0 Å². The highest BCUT2D eigenvalue weighted by molar-refractivity contribution is 5.75. The molecule has 0 radical (unpaired) electrons. The Kier molecular flexibility index (Phi) is 4.97. The molecule has 1 amide bonds. The monoisotopic (exact) mass is 256 g/mol. The molecule has 1 N–H and O–H groups in total. The molecule has 5 nitrogen and oxygen atoms in total. The van der Waals surface area contributed by atoms with Crippen molar-refractivity contribution in [1.82, 2.24) is 10.2 Å². The van der Waals surface area contributed by atoms with Gasteiger partial charge in [0.15, 0.2) is 0 Å². The van der Waals surface area contributed by atoms with E-state index in [1.165, 1.54) is 0 Å². The summed E-state index contributed by atoms with van der Waals surface area (Å²) >= 11 is 0. The summed E-state index contributed by atoms with van der Waals surface area (Å²) in [7, 11) is 3.47. The third kappa shape index (κ3) is 3.22. The highest BCUT2D eigenvalue weighted by atomic mass is 16.5. The molecule has 1 aliphatic carbocycles. The van der Waals surface area contributed by atoms with Gasteiger partial charge in [-0.15, -0.1) is 0 Å². The molecule has 0 aromatic heterocycles. The average molecular weight is 256 g/mol. The molecule has 0 aromatic rings. The van der Waals surface area contributed by atoms with Crippen molar-refractivity contribution in [2.75, 3.05) is 33.9 Å². The lowest BCUT2D eigenvalue weighted by Crippen LogP contribution is -2.55. The van der Waals surface area contributed by atoms with Crippen LogP contribution in [-0.2, 0) is 14.3 Å². The molecule has 1 aliphatic heterocycles. The van der Waals surface area contributed by atoms with Crippen LogP contribution in [0.5, 0.6) is 0 Å². The molecule has 1 saturated carbocycles. The molecule has 0 spiro atoms. The fourth-order valence-corrected chi connectivity index (χ4v) is 3.01. The first-order valence-corrected chi connectivity index (χ1v) is 6.83. The molecule has 0 aromatic carbocycles. The van der Waals surface area contributed by atoms with Crippen LogP contribution < -0.4 is 5.32 Å². The van der Waals surface area contributed by atoms with Crippen LogP contribution in [-0.4, -0.2) is 62.9 Å². The van der Waals surface area contributed by atoms with Gasteiger partial charge in [-0.25, -0.2) is 0 Å². The summed E-state index contributed by atoms with van der Waals surface area (Å²) in [6, 6.07) is 0.419. The summed E-state index contributed by atoms with van der Waals surface area (Å²) in [5, 5.41) is 2.67. The van der Waals surface area contributed by atoms with E-state index < -0.39 is 0 Å². The minimum atomic E-state index is 0.108. The summed E-state index contributed by atoms with van der Waals surface area (Å²) in [6.07, 6.45) is 4.41. The number of amides is 1. The molecule has 2 aliphatic rings. The molecule has 1 saturated heterocycles. The number of nitrogens with one attached hydrogen (secondary N) is 1. The van der Waals surface area contributed by atoms with E-state index in [1.54, 1.807) is 14.2 Å². The van der Waals surface area contributed by atoms with E-state index in [2.05, 4.69) is 10.2 Å². The standard InChI is InChI=1S/C13H24N2O3/c1-14-13(16)5-6-15-7-8-18-12-4-3-10(17-2)9-11(12)15/h10-12H,3-9H2,1-2H3,(H,14,16)/t10-,11-,12+/m0/s1. The number of hydrogen-bond donors (Lipinski definition) is 1. The molecule has 3 atom stereocenters. The van der Waals surface area contributed by atoms with E-state index in [4.69, 9.17) is 9.47 Å². The van der Waals surface area contributed by atoms with Gasteiger partial charge in [0, 0.05) is 39.7 Å². The zero-order chi connectivity index (χ0) is 13.0. The smallest absolute Gasteiger partial charge is 0.221 e. The number of hydrogen-bond acceptors (Lipinski definition) is 4. The van der Waals surface area contributed by atoms with Gasteiger partial charge in [-0.2, -0.15) is 0 Å². The van der Waals surface area contributed by atoms with Gasteiger partial charge in [0.05, 0.1) is 18.8 Å². The predicted molar refractivity (Wildman–Crippen MR) is 68.4 cm³/mol.